The number of hydrogen-bond donors (Lipinski definition) is 2. The second-order valence-electron chi connectivity index (χ2n) is 8.79. The fraction of sp³-hybridized carbons (Fsp3) is 0.280. The van der Waals surface area contributed by atoms with Crippen LogP contribution in [0.3, 0.4) is 0 Å². The molecular formula is C25H26FN9O3. The lowest BCUT2D eigenvalue weighted by atomic mass is 10.1. The Balaban J connectivity index is 1.25. The van der Waals surface area contributed by atoms with E-state index >= 15 is 0 Å². The van der Waals surface area contributed by atoms with Crippen molar-refractivity contribution in [3.63, 3.8) is 0 Å². The Kier molecular flexibility index (Phi) is 7.64. The molecule has 0 unspecified atom stereocenters. The number of nitrogens with one attached hydrogen (secondary N) is 1. The Bertz CT molecular complexity index is 1390. The van der Waals surface area contributed by atoms with Crippen LogP contribution in [0.1, 0.15) is 46.6 Å². The largest absolute Gasteiger partial charge is 0.489 e. The summed E-state index contributed by atoms with van der Waals surface area (Å²) in [6.07, 6.45) is 4.88. The highest BCUT2D eigenvalue weighted by Crippen LogP contribution is 2.19. The molecule has 4 aromatic rings. The van der Waals surface area contributed by atoms with Gasteiger partial charge < -0.3 is 10.5 Å². The lowest BCUT2D eigenvalue weighted by Crippen LogP contribution is -2.31. The maximum absolute atomic E-state index is 13.2. The molecule has 1 amide bonds. The van der Waals surface area contributed by atoms with Crippen molar-refractivity contribution in [2.45, 2.75) is 32.4 Å². The van der Waals surface area contributed by atoms with Crippen LogP contribution >= 0.6 is 0 Å². The molecular weight excluding hydrogens is 493 g/mol. The molecule has 196 valence electrons. The van der Waals surface area contributed by atoms with E-state index in [0.29, 0.717) is 24.6 Å². The standard InChI is InChI=1S/C25H26FN9O3/c26-19-8-4-18(5-9-19)16-37-20-10-6-17(7-11-20)14-28-30-25(36)22-21(15-34-12-2-1-3-13-34)29-33-35(22)24-23(27)31-38-32-24/h4-11,14H,1-3,12-13,15-16H2,(H2,27,31)(H,30,36)/b28-14-. The van der Waals surface area contributed by atoms with Crippen molar-refractivity contribution in [3.05, 3.63) is 76.9 Å². The molecule has 1 aliphatic heterocycles. The summed E-state index contributed by atoms with van der Waals surface area (Å²) in [6, 6.07) is 13.3. The molecule has 3 N–H and O–H groups in total. The van der Waals surface area contributed by atoms with E-state index in [-0.39, 0.29) is 23.1 Å². The number of carbonyl (C=O) groups is 1. The fourth-order valence-electron chi connectivity index (χ4n) is 4.08. The number of hydrazone groups is 1. The first-order valence-corrected chi connectivity index (χ1v) is 12.1. The van der Waals surface area contributed by atoms with Crippen LogP contribution in [0.4, 0.5) is 10.2 Å². The van der Waals surface area contributed by atoms with Crippen molar-refractivity contribution in [1.29, 1.82) is 0 Å². The van der Waals surface area contributed by atoms with Gasteiger partial charge in [0, 0.05) is 6.54 Å². The zero-order chi connectivity index (χ0) is 26.3. The summed E-state index contributed by atoms with van der Waals surface area (Å²) in [5.74, 6) is -0.110. The molecule has 38 heavy (non-hydrogen) atoms. The molecule has 1 aliphatic rings. The summed E-state index contributed by atoms with van der Waals surface area (Å²) in [5.41, 5.74) is 10.6. The minimum Gasteiger partial charge on any atom is -0.489 e. The Hall–Kier alpha value is -4.65. The van der Waals surface area contributed by atoms with E-state index in [0.717, 1.165) is 37.1 Å². The normalized spacial score (nSPS) is 14.1. The van der Waals surface area contributed by atoms with Crippen LogP contribution in [-0.4, -0.2) is 55.4 Å². The third-order valence-electron chi connectivity index (χ3n) is 6.05. The van der Waals surface area contributed by atoms with Gasteiger partial charge in [0.15, 0.2) is 5.69 Å². The number of nitrogens with zero attached hydrogens (tertiary/aromatic N) is 7. The van der Waals surface area contributed by atoms with E-state index in [1.54, 1.807) is 36.4 Å². The first-order valence-electron chi connectivity index (χ1n) is 12.1. The van der Waals surface area contributed by atoms with Gasteiger partial charge in [0.2, 0.25) is 11.6 Å². The molecule has 1 fully saturated rings. The van der Waals surface area contributed by atoms with Crippen LogP contribution in [0, 0.1) is 5.82 Å². The van der Waals surface area contributed by atoms with Crippen LogP contribution in [0.5, 0.6) is 5.75 Å². The predicted molar refractivity (Wildman–Crippen MR) is 135 cm³/mol. The van der Waals surface area contributed by atoms with Crippen molar-refractivity contribution in [1.82, 2.24) is 35.6 Å². The molecule has 0 bridgehead atoms. The highest BCUT2D eigenvalue weighted by molar-refractivity contribution is 5.95. The van der Waals surface area contributed by atoms with Gasteiger partial charge in [-0.3, -0.25) is 9.69 Å². The highest BCUT2D eigenvalue weighted by Gasteiger charge is 2.26. The minimum absolute atomic E-state index is 0.0151. The van der Waals surface area contributed by atoms with E-state index in [1.807, 2.05) is 0 Å². The fourth-order valence-corrected chi connectivity index (χ4v) is 4.08. The number of piperidine rings is 1. The molecule has 1 saturated heterocycles. The lowest BCUT2D eigenvalue weighted by molar-refractivity contribution is 0.0944. The number of anilines is 1. The van der Waals surface area contributed by atoms with Gasteiger partial charge in [-0.05, 0) is 83.8 Å². The molecule has 0 spiro atoms. The smallest absolute Gasteiger partial charge is 0.292 e. The van der Waals surface area contributed by atoms with Crippen LogP contribution in [-0.2, 0) is 13.2 Å². The molecule has 0 atom stereocenters. The molecule has 5 rings (SSSR count). The number of aromatic nitrogens is 5. The van der Waals surface area contributed by atoms with Gasteiger partial charge in [0.1, 0.15) is 23.9 Å². The Morgan fingerprint density at radius 3 is 2.58 bits per heavy atom. The monoisotopic (exact) mass is 519 g/mol. The zero-order valence-corrected chi connectivity index (χ0v) is 20.5. The summed E-state index contributed by atoms with van der Waals surface area (Å²) >= 11 is 0. The first-order chi connectivity index (χ1) is 18.6. The number of likely N-dealkylation sites (tertiary alicyclic amines) is 1. The number of nitrogens with two attached hydrogens (primary N) is 1. The number of carbonyl (C=O) groups excluding carboxylic acids is 1. The Morgan fingerprint density at radius 2 is 1.87 bits per heavy atom. The van der Waals surface area contributed by atoms with Crippen molar-refractivity contribution < 1.29 is 18.6 Å². The minimum atomic E-state index is -0.528. The Labute approximate surface area is 217 Å². The average molecular weight is 520 g/mol. The van der Waals surface area contributed by atoms with Crippen LogP contribution in [0.15, 0.2) is 58.3 Å². The number of amides is 1. The third kappa shape index (κ3) is 6.00. The van der Waals surface area contributed by atoms with Crippen molar-refractivity contribution in [2.75, 3.05) is 18.8 Å². The van der Waals surface area contributed by atoms with Crippen LogP contribution in [0.25, 0.3) is 5.82 Å². The summed E-state index contributed by atoms with van der Waals surface area (Å²) in [5, 5.41) is 19.7. The summed E-state index contributed by atoms with van der Waals surface area (Å²) in [7, 11) is 0. The van der Waals surface area contributed by atoms with Crippen molar-refractivity contribution >= 4 is 17.9 Å². The van der Waals surface area contributed by atoms with E-state index < -0.39 is 5.91 Å². The number of benzene rings is 2. The van der Waals surface area contributed by atoms with Gasteiger partial charge >= 0.3 is 0 Å². The van der Waals surface area contributed by atoms with E-state index in [1.165, 1.54) is 29.4 Å². The lowest BCUT2D eigenvalue weighted by Gasteiger charge is -2.25. The highest BCUT2D eigenvalue weighted by atomic mass is 19.1. The summed E-state index contributed by atoms with van der Waals surface area (Å²) in [6.45, 7) is 2.61. The number of ether oxygens (including phenoxy) is 1. The maximum Gasteiger partial charge on any atom is 0.292 e. The molecule has 12 nitrogen and oxygen atoms in total. The molecule has 2 aromatic heterocycles. The quantitative estimate of drug-likeness (QED) is 0.251. The van der Waals surface area contributed by atoms with E-state index in [2.05, 4.69) is 40.7 Å². The van der Waals surface area contributed by atoms with Gasteiger partial charge in [-0.1, -0.05) is 23.8 Å². The molecule has 2 aromatic carbocycles. The number of rotatable bonds is 9. The van der Waals surface area contributed by atoms with Gasteiger partial charge in [-0.25, -0.2) is 14.4 Å². The molecule has 0 radical (unpaired) electrons. The maximum atomic E-state index is 13.2. The SMILES string of the molecule is Nc1nonc1-n1nnc(CN2CCCCC2)c1C(=O)N/N=C\c1ccc(OCc2ccc(F)cc2)cc1. The second-order valence-corrected chi connectivity index (χ2v) is 8.79. The topological polar surface area (TPSA) is 150 Å². The molecule has 13 heteroatoms. The second kappa shape index (κ2) is 11.6. The van der Waals surface area contributed by atoms with Gasteiger partial charge in [0.25, 0.3) is 5.91 Å². The Morgan fingerprint density at radius 1 is 1.11 bits per heavy atom. The average Bonchev–Trinajstić information content (AvgIpc) is 3.55. The van der Waals surface area contributed by atoms with Crippen molar-refractivity contribution in [2.24, 2.45) is 5.10 Å². The van der Waals surface area contributed by atoms with E-state index in [4.69, 9.17) is 10.5 Å². The van der Waals surface area contributed by atoms with Gasteiger partial charge in [-0.15, -0.1) is 5.10 Å². The van der Waals surface area contributed by atoms with E-state index in [9.17, 15) is 9.18 Å². The summed E-state index contributed by atoms with van der Waals surface area (Å²) in [4.78, 5) is 15.4. The predicted octanol–water partition coefficient (Wildman–Crippen LogP) is 2.70. The number of hydrogen-bond acceptors (Lipinski definition) is 10. The van der Waals surface area contributed by atoms with Crippen LogP contribution < -0.4 is 15.9 Å². The third-order valence-corrected chi connectivity index (χ3v) is 6.05. The zero-order valence-electron chi connectivity index (χ0n) is 20.5. The molecule has 0 saturated carbocycles. The van der Waals surface area contributed by atoms with Crippen molar-refractivity contribution in [3.8, 4) is 11.6 Å². The van der Waals surface area contributed by atoms with Gasteiger partial charge in [0.05, 0.1) is 6.21 Å². The molecule has 3 heterocycles. The first kappa shape index (κ1) is 25.0. The number of halogens is 1. The van der Waals surface area contributed by atoms with Gasteiger partial charge in [-0.2, -0.15) is 9.78 Å². The van der Waals surface area contributed by atoms with Crippen LogP contribution in [0.2, 0.25) is 0 Å². The molecule has 0 aliphatic carbocycles. The number of nitrogen functional groups attached to an aromatic ring is 1. The summed E-state index contributed by atoms with van der Waals surface area (Å²) < 4.78 is 24.7.